The van der Waals surface area contributed by atoms with Gasteiger partial charge in [-0.05, 0) is 33.5 Å². The van der Waals surface area contributed by atoms with Crippen molar-refractivity contribution in [3.05, 3.63) is 23.9 Å². The van der Waals surface area contributed by atoms with E-state index in [0.717, 1.165) is 25.2 Å². The summed E-state index contributed by atoms with van der Waals surface area (Å²) in [5, 5.41) is 3.55. The van der Waals surface area contributed by atoms with Crippen LogP contribution in [0.2, 0.25) is 0 Å². The standard InChI is InChI=1S/C14H25N3O/c1-6-17(4)11-10-16-14(2,3)12-8-7-9-15-13(12)18-5/h7-9,16H,6,10-11H2,1-5H3. The van der Waals surface area contributed by atoms with Gasteiger partial charge in [-0.1, -0.05) is 13.0 Å². The maximum absolute atomic E-state index is 5.32. The van der Waals surface area contributed by atoms with Crippen LogP contribution in [-0.4, -0.2) is 43.7 Å². The zero-order chi connectivity index (χ0) is 13.6. The van der Waals surface area contributed by atoms with Gasteiger partial charge in [0.25, 0.3) is 0 Å². The van der Waals surface area contributed by atoms with Gasteiger partial charge in [0.05, 0.1) is 7.11 Å². The summed E-state index contributed by atoms with van der Waals surface area (Å²) in [5.74, 6) is 0.693. The number of rotatable bonds is 7. The monoisotopic (exact) mass is 251 g/mol. The Labute approximate surface area is 110 Å². The van der Waals surface area contributed by atoms with Crippen molar-refractivity contribution in [3.8, 4) is 5.88 Å². The molecule has 4 nitrogen and oxygen atoms in total. The minimum Gasteiger partial charge on any atom is -0.481 e. The van der Waals surface area contributed by atoms with Gasteiger partial charge < -0.3 is 15.0 Å². The van der Waals surface area contributed by atoms with Crippen LogP contribution in [0.3, 0.4) is 0 Å². The molecule has 1 N–H and O–H groups in total. The smallest absolute Gasteiger partial charge is 0.218 e. The van der Waals surface area contributed by atoms with E-state index in [2.05, 4.69) is 49.1 Å². The maximum atomic E-state index is 5.32. The number of aromatic nitrogens is 1. The molecule has 0 aromatic carbocycles. The van der Waals surface area contributed by atoms with Gasteiger partial charge in [-0.25, -0.2) is 4.98 Å². The molecule has 0 amide bonds. The number of pyridine rings is 1. The average molecular weight is 251 g/mol. The predicted molar refractivity (Wildman–Crippen MR) is 75.0 cm³/mol. The number of likely N-dealkylation sites (N-methyl/N-ethyl adjacent to an activating group) is 1. The number of nitrogens with zero attached hydrogens (tertiary/aromatic N) is 2. The molecule has 18 heavy (non-hydrogen) atoms. The van der Waals surface area contributed by atoms with Gasteiger partial charge in [0.2, 0.25) is 5.88 Å². The summed E-state index contributed by atoms with van der Waals surface area (Å²) in [6.45, 7) is 9.50. The summed E-state index contributed by atoms with van der Waals surface area (Å²) in [6.07, 6.45) is 1.75. The Morgan fingerprint density at radius 2 is 2.17 bits per heavy atom. The van der Waals surface area contributed by atoms with Crippen LogP contribution in [0.4, 0.5) is 0 Å². The quantitative estimate of drug-likeness (QED) is 0.803. The Morgan fingerprint density at radius 1 is 1.44 bits per heavy atom. The molecular weight excluding hydrogens is 226 g/mol. The van der Waals surface area contributed by atoms with Crippen molar-refractivity contribution < 1.29 is 4.74 Å². The Bertz CT molecular complexity index is 366. The van der Waals surface area contributed by atoms with E-state index in [1.54, 1.807) is 13.3 Å². The van der Waals surface area contributed by atoms with E-state index in [-0.39, 0.29) is 5.54 Å². The minimum atomic E-state index is -0.145. The summed E-state index contributed by atoms with van der Waals surface area (Å²) in [5.41, 5.74) is 0.945. The Hall–Kier alpha value is -1.13. The zero-order valence-corrected chi connectivity index (χ0v) is 12.2. The lowest BCUT2D eigenvalue weighted by Gasteiger charge is -2.29. The lowest BCUT2D eigenvalue weighted by Crippen LogP contribution is -2.41. The first-order valence-corrected chi connectivity index (χ1v) is 6.44. The number of ether oxygens (including phenoxy) is 1. The first-order valence-electron chi connectivity index (χ1n) is 6.44. The summed E-state index contributed by atoms with van der Waals surface area (Å²) in [4.78, 5) is 6.53. The van der Waals surface area contributed by atoms with Gasteiger partial charge in [-0.2, -0.15) is 0 Å². The highest BCUT2D eigenvalue weighted by atomic mass is 16.5. The lowest BCUT2D eigenvalue weighted by atomic mass is 9.95. The van der Waals surface area contributed by atoms with Crippen LogP contribution in [0.5, 0.6) is 5.88 Å². The van der Waals surface area contributed by atoms with Crippen LogP contribution >= 0.6 is 0 Å². The third-order valence-electron chi connectivity index (χ3n) is 3.24. The van der Waals surface area contributed by atoms with Gasteiger partial charge in [0.15, 0.2) is 0 Å². The van der Waals surface area contributed by atoms with Gasteiger partial charge in [-0.3, -0.25) is 0 Å². The summed E-state index contributed by atoms with van der Waals surface area (Å²) < 4.78 is 5.32. The van der Waals surface area contributed by atoms with Crippen LogP contribution < -0.4 is 10.1 Å². The normalized spacial score (nSPS) is 11.9. The van der Waals surface area contributed by atoms with Crippen molar-refractivity contribution in [2.45, 2.75) is 26.3 Å². The van der Waals surface area contributed by atoms with E-state index in [4.69, 9.17) is 4.74 Å². The molecule has 1 aromatic rings. The van der Waals surface area contributed by atoms with E-state index < -0.39 is 0 Å². The molecule has 0 aliphatic carbocycles. The molecule has 0 spiro atoms. The van der Waals surface area contributed by atoms with Crippen LogP contribution in [0.15, 0.2) is 18.3 Å². The highest BCUT2D eigenvalue weighted by Gasteiger charge is 2.24. The first kappa shape index (κ1) is 14.9. The highest BCUT2D eigenvalue weighted by Crippen LogP contribution is 2.26. The van der Waals surface area contributed by atoms with Gasteiger partial charge >= 0.3 is 0 Å². The molecule has 0 unspecified atom stereocenters. The van der Waals surface area contributed by atoms with Crippen molar-refractivity contribution >= 4 is 0 Å². The lowest BCUT2D eigenvalue weighted by molar-refractivity contribution is 0.306. The first-order chi connectivity index (χ1) is 8.51. The zero-order valence-electron chi connectivity index (χ0n) is 12.2. The van der Waals surface area contributed by atoms with Crippen LogP contribution in [0.1, 0.15) is 26.3 Å². The number of nitrogens with one attached hydrogen (secondary N) is 1. The van der Waals surface area contributed by atoms with Crippen molar-refractivity contribution in [2.24, 2.45) is 0 Å². The van der Waals surface area contributed by atoms with Crippen molar-refractivity contribution in [1.82, 2.24) is 15.2 Å². The van der Waals surface area contributed by atoms with Gasteiger partial charge in [-0.15, -0.1) is 0 Å². The Morgan fingerprint density at radius 3 is 2.78 bits per heavy atom. The maximum Gasteiger partial charge on any atom is 0.218 e. The number of hydrogen-bond acceptors (Lipinski definition) is 4. The van der Waals surface area contributed by atoms with Gasteiger partial charge in [0, 0.05) is 30.4 Å². The van der Waals surface area contributed by atoms with E-state index in [0.29, 0.717) is 5.88 Å². The minimum absolute atomic E-state index is 0.145. The van der Waals surface area contributed by atoms with Crippen LogP contribution in [0, 0.1) is 0 Å². The molecule has 102 valence electrons. The highest BCUT2D eigenvalue weighted by molar-refractivity contribution is 5.32. The molecule has 0 aliphatic heterocycles. The summed E-state index contributed by atoms with van der Waals surface area (Å²) in [6, 6.07) is 4.00. The third-order valence-corrected chi connectivity index (χ3v) is 3.24. The second-order valence-electron chi connectivity index (χ2n) is 5.01. The van der Waals surface area contributed by atoms with Crippen molar-refractivity contribution in [2.75, 3.05) is 33.8 Å². The van der Waals surface area contributed by atoms with E-state index in [9.17, 15) is 0 Å². The molecule has 1 rings (SSSR count). The van der Waals surface area contributed by atoms with E-state index in [1.807, 2.05) is 6.07 Å². The fraction of sp³-hybridized carbons (Fsp3) is 0.643. The second kappa shape index (κ2) is 6.71. The molecule has 1 heterocycles. The molecule has 1 aromatic heterocycles. The Kier molecular flexibility index (Phi) is 5.56. The molecule has 0 fully saturated rings. The predicted octanol–water partition coefficient (Wildman–Crippen LogP) is 1.87. The fourth-order valence-electron chi connectivity index (χ4n) is 1.84. The number of hydrogen-bond donors (Lipinski definition) is 1. The molecule has 0 bridgehead atoms. The largest absolute Gasteiger partial charge is 0.481 e. The van der Waals surface area contributed by atoms with Gasteiger partial charge in [0.1, 0.15) is 0 Å². The third kappa shape index (κ3) is 3.96. The van der Waals surface area contributed by atoms with Crippen molar-refractivity contribution in [1.29, 1.82) is 0 Å². The van der Waals surface area contributed by atoms with Crippen LogP contribution in [0.25, 0.3) is 0 Å². The van der Waals surface area contributed by atoms with Crippen molar-refractivity contribution in [3.63, 3.8) is 0 Å². The fourth-order valence-corrected chi connectivity index (χ4v) is 1.84. The SMILES string of the molecule is CCN(C)CCNC(C)(C)c1cccnc1OC. The molecule has 4 heteroatoms. The average Bonchev–Trinajstić information content (AvgIpc) is 2.38. The second-order valence-corrected chi connectivity index (χ2v) is 5.01. The van der Waals surface area contributed by atoms with E-state index in [1.165, 1.54) is 0 Å². The molecule has 0 radical (unpaired) electrons. The van der Waals surface area contributed by atoms with Crippen LogP contribution in [-0.2, 0) is 5.54 Å². The Balaban J connectivity index is 2.67. The number of methoxy groups -OCH3 is 1. The topological polar surface area (TPSA) is 37.4 Å². The summed E-state index contributed by atoms with van der Waals surface area (Å²) in [7, 11) is 3.78. The van der Waals surface area contributed by atoms with E-state index >= 15 is 0 Å². The summed E-state index contributed by atoms with van der Waals surface area (Å²) >= 11 is 0. The molecule has 0 saturated carbocycles. The molecule has 0 saturated heterocycles. The molecular formula is C14H25N3O. The molecule has 0 aliphatic rings. The molecule has 0 atom stereocenters.